The number of benzene rings is 1. The summed E-state index contributed by atoms with van der Waals surface area (Å²) in [6, 6.07) is 6.74. The SMILES string of the molecule is CCCCC(CC)NC(C)c1ccc(Cl)c(Cl)c1. The Morgan fingerprint density at radius 1 is 1.17 bits per heavy atom. The Morgan fingerprint density at radius 3 is 2.44 bits per heavy atom. The molecule has 0 aliphatic rings. The molecule has 0 saturated carbocycles. The molecule has 0 heterocycles. The highest BCUT2D eigenvalue weighted by Crippen LogP contribution is 2.26. The number of rotatable bonds is 7. The molecule has 0 bridgehead atoms. The number of hydrogen-bond donors (Lipinski definition) is 1. The molecule has 0 aliphatic carbocycles. The highest BCUT2D eigenvalue weighted by atomic mass is 35.5. The van der Waals surface area contributed by atoms with E-state index in [4.69, 9.17) is 23.2 Å². The zero-order valence-electron chi connectivity index (χ0n) is 11.5. The number of halogens is 2. The van der Waals surface area contributed by atoms with E-state index in [-0.39, 0.29) is 0 Å². The van der Waals surface area contributed by atoms with Crippen molar-refractivity contribution < 1.29 is 0 Å². The molecule has 0 spiro atoms. The van der Waals surface area contributed by atoms with Gasteiger partial charge in [0.05, 0.1) is 10.0 Å². The van der Waals surface area contributed by atoms with Gasteiger partial charge in [0, 0.05) is 12.1 Å². The number of hydrogen-bond acceptors (Lipinski definition) is 1. The van der Waals surface area contributed by atoms with Crippen LogP contribution in [0.4, 0.5) is 0 Å². The van der Waals surface area contributed by atoms with Crippen LogP contribution in [0.3, 0.4) is 0 Å². The summed E-state index contributed by atoms with van der Waals surface area (Å²) in [6.07, 6.45) is 4.92. The van der Waals surface area contributed by atoms with Crippen LogP contribution in [0.25, 0.3) is 0 Å². The van der Waals surface area contributed by atoms with Gasteiger partial charge in [-0.1, -0.05) is 56.0 Å². The lowest BCUT2D eigenvalue weighted by atomic mass is 10.0. The third kappa shape index (κ3) is 4.79. The third-order valence-corrected chi connectivity index (χ3v) is 4.07. The maximum Gasteiger partial charge on any atom is 0.0595 e. The Balaban J connectivity index is 2.62. The second-order valence-electron chi connectivity index (χ2n) is 4.81. The second-order valence-corrected chi connectivity index (χ2v) is 5.62. The highest BCUT2D eigenvalue weighted by Gasteiger charge is 2.12. The smallest absolute Gasteiger partial charge is 0.0595 e. The number of nitrogens with one attached hydrogen (secondary N) is 1. The number of unbranched alkanes of at least 4 members (excludes halogenated alkanes) is 1. The molecule has 1 aromatic rings. The molecule has 18 heavy (non-hydrogen) atoms. The van der Waals surface area contributed by atoms with Gasteiger partial charge in [-0.2, -0.15) is 0 Å². The van der Waals surface area contributed by atoms with Crippen molar-refractivity contribution in [2.75, 3.05) is 0 Å². The molecule has 102 valence electrons. The largest absolute Gasteiger partial charge is 0.307 e. The second kappa shape index (κ2) is 8.04. The monoisotopic (exact) mass is 287 g/mol. The van der Waals surface area contributed by atoms with Crippen LogP contribution in [-0.2, 0) is 0 Å². The summed E-state index contributed by atoms with van der Waals surface area (Å²) in [6.45, 7) is 6.64. The molecule has 1 aromatic carbocycles. The summed E-state index contributed by atoms with van der Waals surface area (Å²) in [4.78, 5) is 0. The highest BCUT2D eigenvalue weighted by molar-refractivity contribution is 6.42. The van der Waals surface area contributed by atoms with E-state index in [9.17, 15) is 0 Å². The summed E-state index contributed by atoms with van der Waals surface area (Å²) in [7, 11) is 0. The Morgan fingerprint density at radius 2 is 1.89 bits per heavy atom. The lowest BCUT2D eigenvalue weighted by molar-refractivity contribution is 0.410. The third-order valence-electron chi connectivity index (χ3n) is 3.33. The van der Waals surface area contributed by atoms with E-state index in [2.05, 4.69) is 26.1 Å². The molecule has 1 nitrogen and oxygen atoms in total. The van der Waals surface area contributed by atoms with Crippen LogP contribution in [0.5, 0.6) is 0 Å². The predicted octanol–water partition coefficient (Wildman–Crippen LogP) is 5.61. The predicted molar refractivity (Wildman–Crippen MR) is 81.6 cm³/mol. The van der Waals surface area contributed by atoms with Crippen LogP contribution in [0.15, 0.2) is 18.2 Å². The van der Waals surface area contributed by atoms with E-state index in [1.807, 2.05) is 18.2 Å². The fourth-order valence-electron chi connectivity index (χ4n) is 2.09. The molecule has 1 rings (SSSR count). The molecule has 0 saturated heterocycles. The van der Waals surface area contributed by atoms with E-state index in [0.29, 0.717) is 22.1 Å². The maximum atomic E-state index is 6.05. The molecule has 0 aliphatic heterocycles. The van der Waals surface area contributed by atoms with Crippen molar-refractivity contribution in [3.63, 3.8) is 0 Å². The van der Waals surface area contributed by atoms with Crippen molar-refractivity contribution in [2.24, 2.45) is 0 Å². The van der Waals surface area contributed by atoms with Crippen molar-refractivity contribution in [1.82, 2.24) is 5.32 Å². The lowest BCUT2D eigenvalue weighted by Crippen LogP contribution is -2.30. The van der Waals surface area contributed by atoms with Gasteiger partial charge < -0.3 is 5.32 Å². The molecule has 0 aromatic heterocycles. The average Bonchev–Trinajstić information content (AvgIpc) is 2.37. The zero-order valence-corrected chi connectivity index (χ0v) is 13.0. The first-order valence-corrected chi connectivity index (χ1v) is 7.55. The van der Waals surface area contributed by atoms with Gasteiger partial charge in [0.1, 0.15) is 0 Å². The fraction of sp³-hybridized carbons (Fsp3) is 0.600. The topological polar surface area (TPSA) is 12.0 Å². The first-order chi connectivity index (χ1) is 8.58. The average molecular weight is 288 g/mol. The summed E-state index contributed by atoms with van der Waals surface area (Å²) < 4.78 is 0. The Kier molecular flexibility index (Phi) is 7.06. The van der Waals surface area contributed by atoms with Crippen molar-refractivity contribution >= 4 is 23.2 Å². The Hall–Kier alpha value is -0.240. The van der Waals surface area contributed by atoms with Gasteiger partial charge in [-0.3, -0.25) is 0 Å². The van der Waals surface area contributed by atoms with Gasteiger partial charge in [0.2, 0.25) is 0 Å². The van der Waals surface area contributed by atoms with Gasteiger partial charge in [0.15, 0.2) is 0 Å². The van der Waals surface area contributed by atoms with E-state index in [1.54, 1.807) is 0 Å². The molecule has 0 amide bonds. The van der Waals surface area contributed by atoms with E-state index >= 15 is 0 Å². The molecule has 0 radical (unpaired) electrons. The molecule has 2 atom stereocenters. The zero-order chi connectivity index (χ0) is 13.5. The van der Waals surface area contributed by atoms with Crippen LogP contribution in [0.1, 0.15) is 58.1 Å². The standard InChI is InChI=1S/C15H23Cl2N/c1-4-6-7-13(5-2)18-11(3)12-8-9-14(16)15(17)10-12/h8-11,13,18H,4-7H2,1-3H3. The van der Waals surface area contributed by atoms with Crippen molar-refractivity contribution in [2.45, 2.75) is 58.5 Å². The van der Waals surface area contributed by atoms with E-state index < -0.39 is 0 Å². The van der Waals surface area contributed by atoms with E-state index in [1.165, 1.54) is 24.8 Å². The molecule has 0 fully saturated rings. The van der Waals surface area contributed by atoms with Gasteiger partial charge in [-0.05, 0) is 37.5 Å². The van der Waals surface area contributed by atoms with Crippen LogP contribution in [0, 0.1) is 0 Å². The lowest BCUT2D eigenvalue weighted by Gasteiger charge is -2.22. The van der Waals surface area contributed by atoms with Crippen LogP contribution < -0.4 is 5.32 Å². The van der Waals surface area contributed by atoms with Gasteiger partial charge in [-0.25, -0.2) is 0 Å². The minimum absolute atomic E-state index is 0.307. The van der Waals surface area contributed by atoms with Crippen LogP contribution >= 0.6 is 23.2 Å². The van der Waals surface area contributed by atoms with Gasteiger partial charge in [0.25, 0.3) is 0 Å². The molecule has 2 unspecified atom stereocenters. The molecular formula is C15H23Cl2N. The Labute approximate surface area is 121 Å². The quantitative estimate of drug-likeness (QED) is 0.687. The van der Waals surface area contributed by atoms with Crippen LogP contribution in [-0.4, -0.2) is 6.04 Å². The first kappa shape index (κ1) is 15.8. The minimum Gasteiger partial charge on any atom is -0.307 e. The minimum atomic E-state index is 0.307. The Bertz CT molecular complexity index is 366. The molecule has 1 N–H and O–H groups in total. The van der Waals surface area contributed by atoms with Crippen molar-refractivity contribution in [3.05, 3.63) is 33.8 Å². The van der Waals surface area contributed by atoms with E-state index in [0.717, 1.165) is 6.42 Å². The summed E-state index contributed by atoms with van der Waals surface area (Å²) >= 11 is 12.0. The normalized spacial score (nSPS) is 14.5. The van der Waals surface area contributed by atoms with Crippen LogP contribution in [0.2, 0.25) is 10.0 Å². The van der Waals surface area contributed by atoms with Crippen molar-refractivity contribution in [3.8, 4) is 0 Å². The van der Waals surface area contributed by atoms with Crippen molar-refractivity contribution in [1.29, 1.82) is 0 Å². The maximum absolute atomic E-state index is 6.05. The first-order valence-electron chi connectivity index (χ1n) is 6.79. The fourth-order valence-corrected chi connectivity index (χ4v) is 2.39. The van der Waals surface area contributed by atoms with Gasteiger partial charge >= 0.3 is 0 Å². The summed E-state index contributed by atoms with van der Waals surface area (Å²) in [5, 5.41) is 4.91. The summed E-state index contributed by atoms with van der Waals surface area (Å²) in [5.74, 6) is 0. The summed E-state index contributed by atoms with van der Waals surface area (Å²) in [5.41, 5.74) is 1.19. The molecular weight excluding hydrogens is 265 g/mol. The van der Waals surface area contributed by atoms with Gasteiger partial charge in [-0.15, -0.1) is 0 Å². The molecule has 3 heteroatoms.